The molecule has 140 valence electrons. The molecule has 0 aliphatic heterocycles. The van der Waals surface area contributed by atoms with Crippen LogP contribution in [0.4, 0.5) is 0 Å². The lowest BCUT2D eigenvalue weighted by atomic mass is 10.5. The fourth-order valence-electron chi connectivity index (χ4n) is 0.671. The summed E-state index contributed by atoms with van der Waals surface area (Å²) in [4.78, 5) is 2.38. The van der Waals surface area contributed by atoms with Crippen LogP contribution >= 0.6 is 0 Å². The van der Waals surface area contributed by atoms with Gasteiger partial charge in [0.05, 0.1) is 0 Å². The van der Waals surface area contributed by atoms with Crippen LogP contribution in [0, 0.1) is 0 Å². The third-order valence-electron chi connectivity index (χ3n) is 1.34. The highest BCUT2D eigenvalue weighted by Crippen LogP contribution is 1.81. The van der Waals surface area contributed by atoms with Crippen molar-refractivity contribution in [3.8, 4) is 0 Å². The Morgan fingerprint density at radius 2 is 0.714 bits per heavy atom. The van der Waals surface area contributed by atoms with Crippen molar-refractivity contribution in [3.05, 3.63) is 0 Å². The average Bonchev–Trinajstić information content (AvgIpc) is 2.01. The van der Waals surface area contributed by atoms with Crippen LogP contribution in [0.2, 0.25) is 0 Å². The van der Waals surface area contributed by atoms with Crippen molar-refractivity contribution in [1.82, 2.24) is 29.5 Å². The molecule has 15 heteroatoms. The van der Waals surface area contributed by atoms with E-state index < -0.39 is 20.8 Å². The van der Waals surface area contributed by atoms with Gasteiger partial charge in [-0.05, 0) is 19.6 Å². The molecule has 0 atom stereocenters. The third kappa shape index (κ3) is 196. The fraction of sp³-hybridized carbons (Fsp3) is 1.00. The first-order valence-electron chi connectivity index (χ1n) is 4.47. The lowest BCUT2D eigenvalue weighted by Crippen LogP contribution is -2.21. The minimum Gasteiger partial charge on any atom is -0.344 e. The highest BCUT2D eigenvalue weighted by molar-refractivity contribution is 7.80. The molecule has 0 saturated carbocycles. The van der Waals surface area contributed by atoms with Gasteiger partial charge in [0.2, 0.25) is 0 Å². The lowest BCUT2D eigenvalue weighted by Gasteiger charge is -2.13. The van der Waals surface area contributed by atoms with E-state index in [4.69, 9.17) is 35.0 Å². The molecule has 0 amide bonds. The van der Waals surface area contributed by atoms with E-state index in [9.17, 15) is 0 Å². The SMILES string of the molecule is CCN(CC)CC.N.N.N.N.O=S(=O)(O)O.O=S(=O)(O)O. The van der Waals surface area contributed by atoms with Crippen LogP contribution in [0.3, 0.4) is 0 Å². The zero-order chi connectivity index (χ0) is 14.7. The van der Waals surface area contributed by atoms with Gasteiger partial charge in [0.25, 0.3) is 0 Å². The van der Waals surface area contributed by atoms with Gasteiger partial charge >= 0.3 is 20.8 Å². The van der Waals surface area contributed by atoms with E-state index in [1.807, 2.05) is 0 Å². The second kappa shape index (κ2) is 21.8. The normalized spacial score (nSPS) is 8.95. The van der Waals surface area contributed by atoms with Crippen molar-refractivity contribution < 1.29 is 35.0 Å². The first kappa shape index (κ1) is 42.8. The molecule has 0 rings (SSSR count). The summed E-state index contributed by atoms with van der Waals surface area (Å²) in [6, 6.07) is 0. The minimum absolute atomic E-state index is 0. The van der Waals surface area contributed by atoms with Crippen LogP contribution in [0.5, 0.6) is 0 Å². The Balaban J connectivity index is -0.0000000260. The van der Waals surface area contributed by atoms with E-state index in [0.717, 1.165) is 0 Å². The Morgan fingerprint density at radius 1 is 0.619 bits per heavy atom. The predicted octanol–water partition coefficient (Wildman–Crippen LogP) is 0.691. The Kier molecular flexibility index (Phi) is 44.5. The molecule has 0 aliphatic rings. The molecule has 0 aliphatic carbocycles. The standard InChI is InChI=1S/C6H15N.4H3N.2H2O4S/c1-4-7(5-2)6-3;;;;;2*1-5(2,3)4/h4-6H2,1-3H3;4*1H3;2*(H2,1,2,3,4). The largest absolute Gasteiger partial charge is 0.394 e. The smallest absolute Gasteiger partial charge is 0.344 e. The van der Waals surface area contributed by atoms with Gasteiger partial charge in [-0.1, -0.05) is 20.8 Å². The molecule has 0 aromatic heterocycles. The summed E-state index contributed by atoms with van der Waals surface area (Å²) >= 11 is 0. The number of hydrogen-bond donors (Lipinski definition) is 8. The van der Waals surface area contributed by atoms with Crippen molar-refractivity contribution in [2.75, 3.05) is 19.6 Å². The van der Waals surface area contributed by atoms with Crippen molar-refractivity contribution in [3.63, 3.8) is 0 Å². The molecule has 0 radical (unpaired) electrons. The molecule has 0 aromatic carbocycles. The number of nitrogens with zero attached hydrogens (tertiary/aromatic N) is 1. The van der Waals surface area contributed by atoms with Gasteiger partial charge in [0.15, 0.2) is 0 Å². The van der Waals surface area contributed by atoms with Crippen LogP contribution in [-0.4, -0.2) is 59.6 Å². The summed E-state index contributed by atoms with van der Waals surface area (Å²) in [7, 11) is -9.33. The van der Waals surface area contributed by atoms with Crippen molar-refractivity contribution in [2.45, 2.75) is 20.8 Å². The average molecular weight is 365 g/mol. The zero-order valence-electron chi connectivity index (χ0n) is 12.6. The molecule has 21 heavy (non-hydrogen) atoms. The molecular formula is C6H31N5O8S2. The molecular weight excluding hydrogens is 334 g/mol. The summed E-state index contributed by atoms with van der Waals surface area (Å²) in [6.07, 6.45) is 0. The highest BCUT2D eigenvalue weighted by Gasteiger charge is 1.89. The van der Waals surface area contributed by atoms with E-state index >= 15 is 0 Å². The predicted molar refractivity (Wildman–Crippen MR) is 81.9 cm³/mol. The molecule has 0 fully saturated rings. The number of rotatable bonds is 3. The zero-order valence-corrected chi connectivity index (χ0v) is 14.3. The van der Waals surface area contributed by atoms with Crippen LogP contribution in [-0.2, 0) is 20.8 Å². The maximum absolute atomic E-state index is 8.74. The summed E-state index contributed by atoms with van der Waals surface area (Å²) < 4.78 is 63.2. The van der Waals surface area contributed by atoms with Gasteiger partial charge in [-0.2, -0.15) is 16.8 Å². The van der Waals surface area contributed by atoms with Gasteiger partial charge in [-0.25, -0.2) is 0 Å². The summed E-state index contributed by atoms with van der Waals surface area (Å²) in [5, 5.41) is 0. The molecule has 0 heterocycles. The lowest BCUT2D eigenvalue weighted by molar-refractivity contribution is 0.321. The van der Waals surface area contributed by atoms with Gasteiger partial charge < -0.3 is 29.5 Å². The Bertz CT molecular complexity index is 304. The summed E-state index contributed by atoms with van der Waals surface area (Å²) in [6.45, 7) is 10.1. The molecule has 0 bridgehead atoms. The van der Waals surface area contributed by atoms with E-state index in [1.165, 1.54) is 19.6 Å². The molecule has 0 spiro atoms. The molecule has 16 N–H and O–H groups in total. The van der Waals surface area contributed by atoms with E-state index in [0.29, 0.717) is 0 Å². The van der Waals surface area contributed by atoms with E-state index in [1.54, 1.807) is 0 Å². The van der Waals surface area contributed by atoms with Crippen LogP contribution in [0.1, 0.15) is 20.8 Å². The topological polar surface area (TPSA) is 292 Å². The third-order valence-corrected chi connectivity index (χ3v) is 1.34. The minimum atomic E-state index is -4.67. The van der Waals surface area contributed by atoms with Gasteiger partial charge in [-0.15, -0.1) is 0 Å². The van der Waals surface area contributed by atoms with Crippen molar-refractivity contribution in [1.29, 1.82) is 0 Å². The van der Waals surface area contributed by atoms with Gasteiger partial charge in [0.1, 0.15) is 0 Å². The molecule has 0 saturated heterocycles. The van der Waals surface area contributed by atoms with Crippen molar-refractivity contribution >= 4 is 20.8 Å². The van der Waals surface area contributed by atoms with Crippen molar-refractivity contribution in [2.24, 2.45) is 0 Å². The molecule has 0 aromatic rings. The number of hydrogen-bond acceptors (Lipinski definition) is 9. The van der Waals surface area contributed by atoms with Gasteiger partial charge in [0, 0.05) is 0 Å². The Hall–Kier alpha value is -0.460. The monoisotopic (exact) mass is 365 g/mol. The summed E-state index contributed by atoms with van der Waals surface area (Å²) in [5.41, 5.74) is 0. The fourth-order valence-corrected chi connectivity index (χ4v) is 0.671. The summed E-state index contributed by atoms with van der Waals surface area (Å²) in [5.74, 6) is 0. The van der Waals surface area contributed by atoms with E-state index in [-0.39, 0.29) is 24.6 Å². The Labute approximate surface area is 126 Å². The molecule has 13 nitrogen and oxygen atoms in total. The van der Waals surface area contributed by atoms with Gasteiger partial charge in [-0.3, -0.25) is 18.2 Å². The quantitative estimate of drug-likeness (QED) is 0.319. The molecule has 0 unspecified atom stereocenters. The maximum atomic E-state index is 8.74. The maximum Gasteiger partial charge on any atom is 0.394 e. The second-order valence-corrected chi connectivity index (χ2v) is 4.31. The first-order valence-corrected chi connectivity index (χ1v) is 7.26. The van der Waals surface area contributed by atoms with Crippen LogP contribution < -0.4 is 24.6 Å². The highest BCUT2D eigenvalue weighted by atomic mass is 32.3. The van der Waals surface area contributed by atoms with E-state index in [2.05, 4.69) is 25.7 Å². The second-order valence-electron chi connectivity index (χ2n) is 2.52. The first-order chi connectivity index (χ1) is 7.35. The van der Waals surface area contributed by atoms with Crippen LogP contribution in [0.25, 0.3) is 0 Å². The Morgan fingerprint density at radius 3 is 0.714 bits per heavy atom. The van der Waals surface area contributed by atoms with Crippen LogP contribution in [0.15, 0.2) is 0 Å².